The molecule has 0 radical (unpaired) electrons. The summed E-state index contributed by atoms with van der Waals surface area (Å²) in [6.45, 7) is 3.58. The first-order valence-electron chi connectivity index (χ1n) is 7.89. The monoisotopic (exact) mass is 347 g/mol. The van der Waals surface area contributed by atoms with Gasteiger partial charge in [0.2, 0.25) is 0 Å². The van der Waals surface area contributed by atoms with Crippen LogP contribution in [0.15, 0.2) is 30.6 Å². The van der Waals surface area contributed by atoms with Gasteiger partial charge < -0.3 is 14.8 Å². The van der Waals surface area contributed by atoms with Crippen LogP contribution in [0.1, 0.15) is 36.0 Å². The van der Waals surface area contributed by atoms with Crippen molar-refractivity contribution < 1.29 is 23.5 Å². The van der Waals surface area contributed by atoms with Gasteiger partial charge in [0.05, 0.1) is 12.6 Å². The van der Waals surface area contributed by atoms with E-state index < -0.39 is 17.7 Å². The number of nitrogens with zero attached hydrogens (tertiary/aromatic N) is 2. The molecule has 1 aromatic heterocycles. The summed E-state index contributed by atoms with van der Waals surface area (Å²) in [4.78, 5) is 23.5. The zero-order valence-corrected chi connectivity index (χ0v) is 13.8. The maximum Gasteiger partial charge on any atom is 0.359 e. The third-order valence-electron chi connectivity index (χ3n) is 4.02. The Kier molecular flexibility index (Phi) is 4.80. The highest BCUT2D eigenvalue weighted by molar-refractivity contribution is 6.06. The first-order valence-corrected chi connectivity index (χ1v) is 7.89. The Morgan fingerprint density at radius 2 is 2.24 bits per heavy atom. The van der Waals surface area contributed by atoms with E-state index in [2.05, 4.69) is 17.0 Å². The Morgan fingerprint density at radius 3 is 2.88 bits per heavy atom. The minimum Gasteiger partial charge on any atom is -0.464 e. The van der Waals surface area contributed by atoms with E-state index in [1.165, 1.54) is 7.11 Å². The van der Waals surface area contributed by atoms with Crippen molar-refractivity contribution in [3.63, 3.8) is 0 Å². The van der Waals surface area contributed by atoms with Gasteiger partial charge in [-0.15, -0.1) is 0 Å². The second-order valence-corrected chi connectivity index (χ2v) is 5.70. The number of ether oxygens (including phenoxy) is 2. The van der Waals surface area contributed by atoms with Gasteiger partial charge in [-0.3, -0.25) is 4.79 Å². The van der Waals surface area contributed by atoms with Crippen LogP contribution in [-0.4, -0.2) is 35.4 Å². The number of nitrogens with one attached hydrogen (secondary N) is 1. The molecule has 2 aromatic rings. The lowest BCUT2D eigenvalue weighted by atomic mass is 10.1. The molecule has 7 nitrogen and oxygen atoms in total. The SMILES string of the molecule is C=C(F)C(=O)Nc1ccc2c(c1)c(C(=O)OC)nn2C1CCCCO1. The average molecular weight is 347 g/mol. The van der Waals surface area contributed by atoms with Gasteiger partial charge in [-0.1, -0.05) is 6.58 Å². The predicted octanol–water partition coefficient (Wildman–Crippen LogP) is 2.94. The number of halogens is 1. The van der Waals surface area contributed by atoms with Crippen LogP contribution >= 0.6 is 0 Å². The molecule has 1 N–H and O–H groups in total. The second kappa shape index (κ2) is 7.02. The molecular weight excluding hydrogens is 329 g/mol. The highest BCUT2D eigenvalue weighted by Gasteiger charge is 2.24. The molecule has 1 aliphatic rings. The first-order chi connectivity index (χ1) is 12.0. The van der Waals surface area contributed by atoms with E-state index in [9.17, 15) is 14.0 Å². The quantitative estimate of drug-likeness (QED) is 0.679. The van der Waals surface area contributed by atoms with E-state index in [4.69, 9.17) is 9.47 Å². The van der Waals surface area contributed by atoms with Gasteiger partial charge in [0, 0.05) is 17.7 Å². The minimum atomic E-state index is -1.10. The fourth-order valence-corrected chi connectivity index (χ4v) is 2.80. The highest BCUT2D eigenvalue weighted by atomic mass is 19.1. The lowest BCUT2D eigenvalue weighted by Gasteiger charge is -2.23. The van der Waals surface area contributed by atoms with E-state index >= 15 is 0 Å². The Morgan fingerprint density at radius 1 is 1.44 bits per heavy atom. The lowest BCUT2D eigenvalue weighted by Crippen LogP contribution is -2.19. The number of hydrogen-bond acceptors (Lipinski definition) is 5. The molecule has 1 fully saturated rings. The molecule has 0 aliphatic carbocycles. The Hall–Kier alpha value is -2.74. The highest BCUT2D eigenvalue weighted by Crippen LogP contribution is 2.30. The molecule has 25 heavy (non-hydrogen) atoms. The fraction of sp³-hybridized carbons (Fsp3) is 0.353. The van der Waals surface area contributed by atoms with Gasteiger partial charge >= 0.3 is 5.97 Å². The van der Waals surface area contributed by atoms with Crippen LogP contribution in [0, 0.1) is 0 Å². The third kappa shape index (κ3) is 3.39. The summed E-state index contributed by atoms with van der Waals surface area (Å²) in [6, 6.07) is 4.85. The van der Waals surface area contributed by atoms with Gasteiger partial charge in [-0.05, 0) is 37.5 Å². The number of rotatable bonds is 4. The number of hydrogen-bond donors (Lipinski definition) is 1. The Labute approximate surface area is 143 Å². The summed E-state index contributed by atoms with van der Waals surface area (Å²) >= 11 is 0. The standard InChI is InChI=1S/C17H18FN3O4/c1-10(18)16(22)19-11-6-7-13-12(9-11)15(17(23)24-2)20-21(13)14-5-3-4-8-25-14/h6-7,9,14H,1,3-5,8H2,2H3,(H,19,22). The molecule has 3 rings (SSSR count). The van der Waals surface area contributed by atoms with Crippen molar-refractivity contribution in [2.75, 3.05) is 19.0 Å². The summed E-state index contributed by atoms with van der Waals surface area (Å²) in [5.41, 5.74) is 1.11. The van der Waals surface area contributed by atoms with Crippen LogP contribution in [0.4, 0.5) is 10.1 Å². The van der Waals surface area contributed by atoms with E-state index in [-0.39, 0.29) is 11.9 Å². The molecule has 1 aromatic carbocycles. The number of aromatic nitrogens is 2. The predicted molar refractivity (Wildman–Crippen MR) is 88.8 cm³/mol. The van der Waals surface area contributed by atoms with Crippen molar-refractivity contribution in [1.29, 1.82) is 0 Å². The number of esters is 1. The zero-order chi connectivity index (χ0) is 18.0. The van der Waals surface area contributed by atoms with Crippen molar-refractivity contribution in [1.82, 2.24) is 9.78 Å². The molecule has 1 aliphatic heterocycles. The summed E-state index contributed by atoms with van der Waals surface area (Å²) in [5.74, 6) is -2.64. The molecule has 8 heteroatoms. The van der Waals surface area contributed by atoms with E-state index in [1.54, 1.807) is 22.9 Å². The van der Waals surface area contributed by atoms with Crippen LogP contribution in [0.3, 0.4) is 0 Å². The summed E-state index contributed by atoms with van der Waals surface area (Å²) in [5, 5.41) is 7.21. The van der Waals surface area contributed by atoms with Gasteiger partial charge in [0.25, 0.3) is 5.91 Å². The van der Waals surface area contributed by atoms with E-state index in [0.717, 1.165) is 19.3 Å². The number of methoxy groups -OCH3 is 1. The fourth-order valence-electron chi connectivity index (χ4n) is 2.80. The topological polar surface area (TPSA) is 82.5 Å². The Bertz CT molecular complexity index is 840. The number of fused-ring (bicyclic) bond motifs is 1. The van der Waals surface area contributed by atoms with Gasteiger partial charge in [-0.25, -0.2) is 13.9 Å². The number of anilines is 1. The molecule has 0 bridgehead atoms. The third-order valence-corrected chi connectivity index (χ3v) is 4.02. The lowest BCUT2D eigenvalue weighted by molar-refractivity contribution is -0.114. The summed E-state index contributed by atoms with van der Waals surface area (Å²) in [7, 11) is 1.27. The minimum absolute atomic E-state index is 0.113. The van der Waals surface area contributed by atoms with E-state index in [1.807, 2.05) is 0 Å². The molecule has 132 valence electrons. The van der Waals surface area contributed by atoms with Crippen molar-refractivity contribution >= 4 is 28.5 Å². The van der Waals surface area contributed by atoms with Gasteiger partial charge in [0.1, 0.15) is 0 Å². The molecule has 1 unspecified atom stereocenters. The van der Waals surface area contributed by atoms with Gasteiger partial charge in [0.15, 0.2) is 17.7 Å². The van der Waals surface area contributed by atoms with Crippen molar-refractivity contribution in [3.05, 3.63) is 36.3 Å². The van der Waals surface area contributed by atoms with Crippen molar-refractivity contribution in [3.8, 4) is 0 Å². The van der Waals surface area contributed by atoms with Crippen LogP contribution in [0.5, 0.6) is 0 Å². The number of amides is 1. The number of benzene rings is 1. The Balaban J connectivity index is 2.05. The van der Waals surface area contributed by atoms with Crippen LogP contribution in [-0.2, 0) is 14.3 Å². The van der Waals surface area contributed by atoms with Crippen molar-refractivity contribution in [2.24, 2.45) is 0 Å². The molecule has 0 saturated carbocycles. The summed E-state index contributed by atoms with van der Waals surface area (Å²) < 4.78 is 25.1. The first kappa shape index (κ1) is 17.1. The molecule has 1 atom stereocenters. The average Bonchev–Trinajstić information content (AvgIpc) is 3.00. The second-order valence-electron chi connectivity index (χ2n) is 5.70. The van der Waals surface area contributed by atoms with Crippen molar-refractivity contribution in [2.45, 2.75) is 25.5 Å². The number of carbonyl (C=O) groups is 2. The van der Waals surface area contributed by atoms with Crippen LogP contribution in [0.2, 0.25) is 0 Å². The normalized spacial score (nSPS) is 17.3. The van der Waals surface area contributed by atoms with Crippen LogP contribution in [0.25, 0.3) is 10.9 Å². The zero-order valence-electron chi connectivity index (χ0n) is 13.8. The molecule has 0 spiro atoms. The molecular formula is C17H18FN3O4. The summed E-state index contributed by atoms with van der Waals surface area (Å²) in [6.07, 6.45) is 2.52. The smallest absolute Gasteiger partial charge is 0.359 e. The maximum atomic E-state index is 12.9. The maximum absolute atomic E-state index is 12.9. The molecule has 1 amide bonds. The molecule has 2 heterocycles. The van der Waals surface area contributed by atoms with E-state index in [0.29, 0.717) is 23.2 Å². The number of carbonyl (C=O) groups excluding carboxylic acids is 2. The van der Waals surface area contributed by atoms with Gasteiger partial charge in [-0.2, -0.15) is 5.10 Å². The molecule has 1 saturated heterocycles. The largest absolute Gasteiger partial charge is 0.464 e. The van der Waals surface area contributed by atoms with Crippen LogP contribution < -0.4 is 5.32 Å².